The van der Waals surface area contributed by atoms with Gasteiger partial charge in [0, 0.05) is 0 Å². The maximum absolute atomic E-state index is 2.36. The van der Waals surface area contributed by atoms with Gasteiger partial charge in [0.25, 0.3) is 0 Å². The molecule has 0 unspecified atom stereocenters. The van der Waals surface area contributed by atoms with Crippen molar-refractivity contribution < 1.29 is 0 Å². The minimum Gasteiger partial charge on any atom is -0.0677 e. The molecule has 0 fully saturated rings. The molecule has 1 heteroatoms. The van der Waals surface area contributed by atoms with Crippen molar-refractivity contribution >= 4 is 14.0 Å². The second kappa shape index (κ2) is 3.57. The maximum Gasteiger partial charge on any atom is 0.0821 e. The minimum absolute atomic E-state index is 0.207. The Hall–Kier alpha value is -0.563. The average molecular weight is 149 g/mol. The Kier molecular flexibility index (Phi) is 2.69. The topological polar surface area (TPSA) is 0 Å². The second-order valence-electron chi connectivity index (χ2n) is 2.50. The first-order valence-electron chi connectivity index (χ1n) is 3.72. The van der Waals surface area contributed by atoms with E-state index in [4.69, 9.17) is 0 Å². The molecule has 0 atom stereocenters. The van der Waals surface area contributed by atoms with Gasteiger partial charge in [-0.15, -0.1) is 0 Å². The SMILES string of the molecule is CC[Si](C)c1ccccc1. The van der Waals surface area contributed by atoms with Gasteiger partial charge in [-0.25, -0.2) is 0 Å². The van der Waals surface area contributed by atoms with Crippen LogP contribution < -0.4 is 5.19 Å². The van der Waals surface area contributed by atoms with Crippen molar-refractivity contribution in [3.63, 3.8) is 0 Å². The molecule has 1 radical (unpaired) electrons. The largest absolute Gasteiger partial charge is 0.0821 e. The molecular formula is C9H13Si. The number of hydrogen-bond acceptors (Lipinski definition) is 0. The van der Waals surface area contributed by atoms with Crippen LogP contribution in [-0.2, 0) is 0 Å². The molecule has 53 valence electrons. The third-order valence-corrected chi connectivity index (χ3v) is 4.18. The zero-order chi connectivity index (χ0) is 7.40. The van der Waals surface area contributed by atoms with Crippen LogP contribution in [0.2, 0.25) is 12.6 Å². The van der Waals surface area contributed by atoms with Gasteiger partial charge in [-0.05, 0) is 0 Å². The summed E-state index contributed by atoms with van der Waals surface area (Å²) in [5.41, 5.74) is 0. The summed E-state index contributed by atoms with van der Waals surface area (Å²) in [6.07, 6.45) is 0. The molecule has 1 aromatic carbocycles. The molecule has 0 nitrogen and oxygen atoms in total. The average Bonchev–Trinajstić information content (AvgIpc) is 2.05. The molecule has 0 aliphatic rings. The van der Waals surface area contributed by atoms with Gasteiger partial charge in [-0.2, -0.15) is 0 Å². The first kappa shape index (κ1) is 7.54. The molecule has 0 aromatic heterocycles. The van der Waals surface area contributed by atoms with E-state index in [-0.39, 0.29) is 8.80 Å². The fourth-order valence-electron chi connectivity index (χ4n) is 0.927. The number of rotatable bonds is 2. The van der Waals surface area contributed by atoms with Gasteiger partial charge in [0.1, 0.15) is 0 Å². The van der Waals surface area contributed by atoms with Gasteiger partial charge < -0.3 is 0 Å². The summed E-state index contributed by atoms with van der Waals surface area (Å²) in [6.45, 7) is 4.63. The zero-order valence-corrected chi connectivity index (χ0v) is 7.59. The van der Waals surface area contributed by atoms with Crippen molar-refractivity contribution in [3.05, 3.63) is 30.3 Å². The minimum atomic E-state index is -0.207. The summed E-state index contributed by atoms with van der Waals surface area (Å²) in [6, 6.07) is 12.1. The lowest BCUT2D eigenvalue weighted by molar-refractivity contribution is 1.43. The van der Waals surface area contributed by atoms with Crippen molar-refractivity contribution in [2.75, 3.05) is 0 Å². The summed E-state index contributed by atoms with van der Waals surface area (Å²) in [4.78, 5) is 0. The van der Waals surface area contributed by atoms with Crippen molar-refractivity contribution in [3.8, 4) is 0 Å². The van der Waals surface area contributed by atoms with Gasteiger partial charge in [-0.3, -0.25) is 0 Å². The van der Waals surface area contributed by atoms with Gasteiger partial charge in [-0.1, -0.05) is 55.0 Å². The Balaban J connectivity index is 2.75. The second-order valence-corrected chi connectivity index (χ2v) is 5.35. The lowest BCUT2D eigenvalue weighted by Gasteiger charge is -2.04. The molecule has 0 spiro atoms. The highest BCUT2D eigenvalue weighted by Crippen LogP contribution is 1.92. The monoisotopic (exact) mass is 149 g/mol. The number of benzene rings is 1. The predicted octanol–water partition coefficient (Wildman–Crippen LogP) is 2.04. The zero-order valence-electron chi connectivity index (χ0n) is 6.59. The van der Waals surface area contributed by atoms with Crippen LogP contribution in [-0.4, -0.2) is 8.80 Å². The van der Waals surface area contributed by atoms with Crippen molar-refractivity contribution in [2.24, 2.45) is 0 Å². The smallest absolute Gasteiger partial charge is 0.0677 e. The van der Waals surface area contributed by atoms with E-state index in [1.54, 1.807) is 5.19 Å². The Labute approximate surface area is 64.5 Å². The predicted molar refractivity (Wildman–Crippen MR) is 48.2 cm³/mol. The standard InChI is InChI=1S/C9H13Si/c1-3-10(2)9-7-5-4-6-8-9/h4-8H,3H2,1-2H3. The van der Waals surface area contributed by atoms with Crippen LogP contribution in [0, 0.1) is 0 Å². The Morgan fingerprint density at radius 1 is 1.20 bits per heavy atom. The Morgan fingerprint density at radius 2 is 1.80 bits per heavy atom. The summed E-state index contributed by atoms with van der Waals surface area (Å²) >= 11 is 0. The first-order chi connectivity index (χ1) is 4.84. The van der Waals surface area contributed by atoms with E-state index in [0.29, 0.717) is 0 Å². The van der Waals surface area contributed by atoms with Crippen LogP contribution >= 0.6 is 0 Å². The fourth-order valence-corrected chi connectivity index (χ4v) is 2.10. The van der Waals surface area contributed by atoms with Gasteiger partial charge in [0.2, 0.25) is 0 Å². The Bertz CT molecular complexity index is 181. The van der Waals surface area contributed by atoms with E-state index in [2.05, 4.69) is 43.8 Å². The normalized spacial score (nSPS) is 10.3. The van der Waals surface area contributed by atoms with Crippen molar-refractivity contribution in [1.29, 1.82) is 0 Å². The Morgan fingerprint density at radius 3 is 2.30 bits per heavy atom. The summed E-state index contributed by atoms with van der Waals surface area (Å²) < 4.78 is 0. The maximum atomic E-state index is 2.36. The molecule has 1 rings (SSSR count). The van der Waals surface area contributed by atoms with E-state index in [1.807, 2.05) is 0 Å². The van der Waals surface area contributed by atoms with Crippen molar-refractivity contribution in [1.82, 2.24) is 0 Å². The van der Waals surface area contributed by atoms with E-state index >= 15 is 0 Å². The van der Waals surface area contributed by atoms with Crippen LogP contribution in [0.4, 0.5) is 0 Å². The van der Waals surface area contributed by atoms with Crippen LogP contribution in [0.25, 0.3) is 0 Å². The lowest BCUT2D eigenvalue weighted by atomic mass is 10.4. The van der Waals surface area contributed by atoms with Gasteiger partial charge in [0.05, 0.1) is 8.80 Å². The summed E-state index contributed by atoms with van der Waals surface area (Å²) in [5, 5.41) is 1.55. The molecule has 1 aromatic rings. The first-order valence-corrected chi connectivity index (χ1v) is 5.93. The van der Waals surface area contributed by atoms with Crippen LogP contribution in [0.1, 0.15) is 6.92 Å². The quantitative estimate of drug-likeness (QED) is 0.564. The van der Waals surface area contributed by atoms with Crippen LogP contribution in [0.15, 0.2) is 30.3 Å². The van der Waals surface area contributed by atoms with E-state index < -0.39 is 0 Å². The van der Waals surface area contributed by atoms with E-state index in [9.17, 15) is 0 Å². The molecule has 0 aliphatic carbocycles. The fraction of sp³-hybridized carbons (Fsp3) is 0.333. The highest BCUT2D eigenvalue weighted by molar-refractivity contribution is 6.71. The molecule has 0 aliphatic heterocycles. The molecule has 10 heavy (non-hydrogen) atoms. The lowest BCUT2D eigenvalue weighted by Crippen LogP contribution is -2.24. The summed E-state index contributed by atoms with van der Waals surface area (Å²) in [5.74, 6) is 0. The molecule has 0 N–H and O–H groups in total. The number of hydrogen-bond donors (Lipinski definition) is 0. The molecule has 0 bridgehead atoms. The van der Waals surface area contributed by atoms with Crippen LogP contribution in [0.3, 0.4) is 0 Å². The molecule has 0 saturated heterocycles. The summed E-state index contributed by atoms with van der Waals surface area (Å²) in [7, 11) is -0.207. The molecular weight excluding hydrogens is 136 g/mol. The third-order valence-electron chi connectivity index (χ3n) is 1.80. The van der Waals surface area contributed by atoms with Crippen LogP contribution in [0.5, 0.6) is 0 Å². The van der Waals surface area contributed by atoms with Crippen molar-refractivity contribution in [2.45, 2.75) is 19.5 Å². The van der Waals surface area contributed by atoms with E-state index in [1.165, 1.54) is 6.04 Å². The van der Waals surface area contributed by atoms with E-state index in [0.717, 1.165) is 0 Å². The van der Waals surface area contributed by atoms with Gasteiger partial charge in [0.15, 0.2) is 0 Å². The molecule has 0 heterocycles. The highest BCUT2D eigenvalue weighted by Gasteiger charge is 2.01. The molecule has 0 amide bonds. The van der Waals surface area contributed by atoms with Gasteiger partial charge >= 0.3 is 0 Å². The third kappa shape index (κ3) is 1.71. The highest BCUT2D eigenvalue weighted by atomic mass is 28.3. The molecule has 0 saturated carbocycles.